The van der Waals surface area contributed by atoms with Crippen molar-refractivity contribution in [3.63, 3.8) is 0 Å². The number of carbonyl (C=O) groups excluding carboxylic acids is 1. The van der Waals surface area contributed by atoms with Crippen LogP contribution in [0.15, 0.2) is 16.9 Å². The van der Waals surface area contributed by atoms with E-state index < -0.39 is 0 Å². The summed E-state index contributed by atoms with van der Waals surface area (Å²) in [5, 5.41) is 6.38. The van der Waals surface area contributed by atoms with Gasteiger partial charge in [0.15, 0.2) is 5.69 Å². The van der Waals surface area contributed by atoms with Gasteiger partial charge in [-0.2, -0.15) is 0 Å². The van der Waals surface area contributed by atoms with Gasteiger partial charge in [0.1, 0.15) is 6.26 Å². The zero-order valence-electron chi connectivity index (χ0n) is 8.62. The number of carbonyl (C=O) groups is 1. The molecule has 0 saturated heterocycles. The monoisotopic (exact) mass is 196 g/mol. The third-order valence-electron chi connectivity index (χ3n) is 2.38. The van der Waals surface area contributed by atoms with Crippen LogP contribution >= 0.6 is 0 Å². The minimum Gasteiger partial charge on any atom is -0.364 e. The lowest BCUT2D eigenvalue weighted by Crippen LogP contribution is -2.29. The SMILES string of the molecule is CCC(CC)CNC(=O)c1ccon1. The van der Waals surface area contributed by atoms with Crippen LogP contribution < -0.4 is 5.32 Å². The Bertz CT molecular complexity index is 266. The van der Waals surface area contributed by atoms with Gasteiger partial charge in [-0.15, -0.1) is 0 Å². The van der Waals surface area contributed by atoms with E-state index in [1.807, 2.05) is 0 Å². The van der Waals surface area contributed by atoms with Crippen molar-refractivity contribution < 1.29 is 9.32 Å². The molecule has 4 heteroatoms. The minimum atomic E-state index is -0.161. The molecule has 0 saturated carbocycles. The zero-order chi connectivity index (χ0) is 10.4. The van der Waals surface area contributed by atoms with E-state index in [1.165, 1.54) is 6.26 Å². The van der Waals surface area contributed by atoms with Gasteiger partial charge in [-0.25, -0.2) is 0 Å². The Balaban J connectivity index is 2.35. The van der Waals surface area contributed by atoms with Gasteiger partial charge in [-0.1, -0.05) is 31.8 Å². The molecule has 78 valence electrons. The van der Waals surface area contributed by atoms with Crippen LogP contribution in [0.4, 0.5) is 0 Å². The van der Waals surface area contributed by atoms with Crippen LogP contribution in [-0.4, -0.2) is 17.6 Å². The average molecular weight is 196 g/mol. The first-order valence-corrected chi connectivity index (χ1v) is 4.96. The van der Waals surface area contributed by atoms with Crippen LogP contribution in [0.1, 0.15) is 37.2 Å². The molecule has 1 amide bonds. The van der Waals surface area contributed by atoms with Crippen LogP contribution in [0.5, 0.6) is 0 Å². The average Bonchev–Trinajstić information content (AvgIpc) is 2.72. The summed E-state index contributed by atoms with van der Waals surface area (Å²) in [4.78, 5) is 11.4. The minimum absolute atomic E-state index is 0.161. The summed E-state index contributed by atoms with van der Waals surface area (Å²) in [5.74, 6) is 0.386. The second-order valence-electron chi connectivity index (χ2n) is 3.28. The summed E-state index contributed by atoms with van der Waals surface area (Å²) in [7, 11) is 0. The number of nitrogens with one attached hydrogen (secondary N) is 1. The lowest BCUT2D eigenvalue weighted by atomic mass is 10.0. The van der Waals surface area contributed by atoms with Gasteiger partial charge in [0.05, 0.1) is 0 Å². The zero-order valence-corrected chi connectivity index (χ0v) is 8.62. The number of rotatable bonds is 5. The molecule has 0 spiro atoms. The summed E-state index contributed by atoms with van der Waals surface area (Å²) < 4.78 is 4.58. The normalized spacial score (nSPS) is 10.5. The van der Waals surface area contributed by atoms with Gasteiger partial charge in [0.2, 0.25) is 0 Å². The van der Waals surface area contributed by atoms with Crippen molar-refractivity contribution in [3.05, 3.63) is 18.0 Å². The molecular formula is C10H16N2O2. The Morgan fingerprint density at radius 2 is 2.29 bits per heavy atom. The standard InChI is InChI=1S/C10H16N2O2/c1-3-8(4-2)7-11-10(13)9-5-6-14-12-9/h5-6,8H,3-4,7H2,1-2H3,(H,11,13). The van der Waals surface area contributed by atoms with Gasteiger partial charge in [-0.3, -0.25) is 4.79 Å². The molecule has 0 radical (unpaired) electrons. The molecule has 4 nitrogen and oxygen atoms in total. The summed E-state index contributed by atoms with van der Waals surface area (Å²) in [6, 6.07) is 1.56. The van der Waals surface area contributed by atoms with Crippen molar-refractivity contribution in [1.29, 1.82) is 0 Å². The molecule has 0 atom stereocenters. The third kappa shape index (κ3) is 2.87. The fraction of sp³-hybridized carbons (Fsp3) is 0.600. The molecular weight excluding hydrogens is 180 g/mol. The second kappa shape index (κ2) is 5.42. The maximum Gasteiger partial charge on any atom is 0.273 e. The van der Waals surface area contributed by atoms with Gasteiger partial charge < -0.3 is 9.84 Å². The first-order valence-electron chi connectivity index (χ1n) is 4.96. The van der Waals surface area contributed by atoms with Crippen molar-refractivity contribution >= 4 is 5.91 Å². The quantitative estimate of drug-likeness (QED) is 0.781. The van der Waals surface area contributed by atoms with Crippen molar-refractivity contribution in [2.75, 3.05) is 6.54 Å². The molecule has 14 heavy (non-hydrogen) atoms. The smallest absolute Gasteiger partial charge is 0.273 e. The van der Waals surface area contributed by atoms with Crippen LogP contribution in [-0.2, 0) is 0 Å². The highest BCUT2D eigenvalue weighted by molar-refractivity contribution is 5.91. The van der Waals surface area contributed by atoms with Gasteiger partial charge >= 0.3 is 0 Å². The Kier molecular flexibility index (Phi) is 4.16. The van der Waals surface area contributed by atoms with E-state index in [2.05, 4.69) is 28.8 Å². The number of amides is 1. The first kappa shape index (κ1) is 10.8. The highest BCUT2D eigenvalue weighted by Crippen LogP contribution is 2.05. The fourth-order valence-corrected chi connectivity index (χ4v) is 1.23. The highest BCUT2D eigenvalue weighted by Gasteiger charge is 2.10. The van der Waals surface area contributed by atoms with Gasteiger partial charge in [0.25, 0.3) is 5.91 Å². The molecule has 0 aliphatic carbocycles. The number of hydrogen-bond donors (Lipinski definition) is 1. The molecule has 0 aliphatic heterocycles. The van der Waals surface area contributed by atoms with E-state index in [1.54, 1.807) is 6.07 Å². The van der Waals surface area contributed by atoms with Gasteiger partial charge in [0, 0.05) is 12.6 Å². The molecule has 1 aromatic heterocycles. The number of aromatic nitrogens is 1. The van der Waals surface area contributed by atoms with E-state index in [4.69, 9.17) is 0 Å². The second-order valence-corrected chi connectivity index (χ2v) is 3.28. The van der Waals surface area contributed by atoms with Crippen LogP contribution in [0.25, 0.3) is 0 Å². The summed E-state index contributed by atoms with van der Waals surface area (Å²) >= 11 is 0. The molecule has 1 N–H and O–H groups in total. The molecule has 0 aliphatic rings. The molecule has 1 heterocycles. The van der Waals surface area contributed by atoms with E-state index >= 15 is 0 Å². The number of hydrogen-bond acceptors (Lipinski definition) is 3. The molecule has 1 rings (SSSR count). The van der Waals surface area contributed by atoms with Crippen molar-refractivity contribution in [1.82, 2.24) is 10.5 Å². The van der Waals surface area contributed by atoms with Crippen molar-refractivity contribution in [2.24, 2.45) is 5.92 Å². The topological polar surface area (TPSA) is 55.1 Å². The Labute approximate surface area is 83.7 Å². The largest absolute Gasteiger partial charge is 0.364 e. The van der Waals surface area contributed by atoms with E-state index in [0.29, 0.717) is 18.2 Å². The van der Waals surface area contributed by atoms with Crippen LogP contribution in [0.3, 0.4) is 0 Å². The van der Waals surface area contributed by atoms with Crippen molar-refractivity contribution in [3.8, 4) is 0 Å². The highest BCUT2D eigenvalue weighted by atomic mass is 16.5. The number of nitrogens with zero attached hydrogens (tertiary/aromatic N) is 1. The Hall–Kier alpha value is -1.32. The lowest BCUT2D eigenvalue weighted by molar-refractivity contribution is 0.0937. The Morgan fingerprint density at radius 3 is 2.79 bits per heavy atom. The van der Waals surface area contributed by atoms with Gasteiger partial charge in [-0.05, 0) is 5.92 Å². The molecule has 0 fully saturated rings. The molecule has 0 bridgehead atoms. The molecule has 1 aromatic rings. The first-order chi connectivity index (χ1) is 6.77. The fourth-order valence-electron chi connectivity index (χ4n) is 1.23. The predicted molar refractivity (Wildman–Crippen MR) is 52.9 cm³/mol. The van der Waals surface area contributed by atoms with E-state index in [9.17, 15) is 4.79 Å². The summed E-state index contributed by atoms with van der Waals surface area (Å²) in [6.07, 6.45) is 3.55. The maximum atomic E-state index is 11.4. The summed E-state index contributed by atoms with van der Waals surface area (Å²) in [5.41, 5.74) is 0.343. The van der Waals surface area contributed by atoms with Crippen molar-refractivity contribution in [2.45, 2.75) is 26.7 Å². The Morgan fingerprint density at radius 1 is 1.57 bits per heavy atom. The van der Waals surface area contributed by atoms with E-state index in [-0.39, 0.29) is 5.91 Å². The lowest BCUT2D eigenvalue weighted by Gasteiger charge is -2.11. The third-order valence-corrected chi connectivity index (χ3v) is 2.38. The summed E-state index contributed by atoms with van der Waals surface area (Å²) in [6.45, 7) is 4.95. The van der Waals surface area contributed by atoms with E-state index in [0.717, 1.165) is 12.8 Å². The molecule has 0 aromatic carbocycles. The van der Waals surface area contributed by atoms with Crippen LogP contribution in [0, 0.1) is 5.92 Å². The van der Waals surface area contributed by atoms with Crippen LogP contribution in [0.2, 0.25) is 0 Å². The maximum absolute atomic E-state index is 11.4. The molecule has 0 unspecified atom stereocenters. The predicted octanol–water partition coefficient (Wildman–Crippen LogP) is 1.84.